The maximum atomic E-state index is 9.67. The Balaban J connectivity index is 1.99. The quantitative estimate of drug-likeness (QED) is 0.739. The second-order valence-corrected chi connectivity index (χ2v) is 6.94. The van der Waals surface area contributed by atoms with E-state index in [0.29, 0.717) is 4.75 Å². The van der Waals surface area contributed by atoms with E-state index >= 15 is 0 Å². The molecule has 1 atom stereocenters. The summed E-state index contributed by atoms with van der Waals surface area (Å²) in [5.41, 5.74) is 0. The fourth-order valence-corrected chi connectivity index (χ4v) is 2.12. The molecule has 1 unspecified atom stereocenters. The molecule has 0 bridgehead atoms. The Bertz CT molecular complexity index is 147. The van der Waals surface area contributed by atoms with E-state index in [4.69, 9.17) is 0 Å². The number of aliphatic hydroxyl groups is 1. The topological polar surface area (TPSA) is 20.2 Å². The molecule has 2 heteroatoms. The fourth-order valence-electron chi connectivity index (χ4n) is 1.26. The van der Waals surface area contributed by atoms with Crippen molar-refractivity contribution in [3.63, 3.8) is 0 Å². The van der Waals surface area contributed by atoms with Gasteiger partial charge in [-0.2, -0.15) is 11.8 Å². The van der Waals surface area contributed by atoms with E-state index in [1.807, 2.05) is 11.8 Å². The molecule has 0 aromatic carbocycles. The van der Waals surface area contributed by atoms with Gasteiger partial charge in [0, 0.05) is 10.5 Å². The van der Waals surface area contributed by atoms with E-state index < -0.39 is 0 Å². The summed E-state index contributed by atoms with van der Waals surface area (Å²) in [6, 6.07) is 0. The summed E-state index contributed by atoms with van der Waals surface area (Å²) >= 11 is 1.86. The van der Waals surface area contributed by atoms with E-state index in [9.17, 15) is 5.11 Å². The van der Waals surface area contributed by atoms with E-state index in [0.717, 1.165) is 18.1 Å². The third kappa shape index (κ3) is 6.39. The van der Waals surface area contributed by atoms with Crippen LogP contribution in [0.15, 0.2) is 0 Å². The highest BCUT2D eigenvalue weighted by atomic mass is 32.2. The lowest BCUT2D eigenvalue weighted by molar-refractivity contribution is 0.183. The first-order valence-corrected chi connectivity index (χ1v) is 6.28. The van der Waals surface area contributed by atoms with Crippen molar-refractivity contribution in [2.45, 2.75) is 57.3 Å². The highest BCUT2D eigenvalue weighted by Crippen LogP contribution is 2.34. The second-order valence-electron chi connectivity index (χ2n) is 5.10. The van der Waals surface area contributed by atoms with Crippen molar-refractivity contribution < 1.29 is 5.11 Å². The molecule has 0 spiro atoms. The summed E-state index contributed by atoms with van der Waals surface area (Å²) < 4.78 is 0.292. The standard InChI is InChI=1S/C11H22OS/c1-11(2,3)13-8-10(12)7-6-9-4-5-9/h9-10,12H,4-8H2,1-3H3. The van der Waals surface area contributed by atoms with Gasteiger partial charge in [0.05, 0.1) is 6.10 Å². The molecule has 0 heterocycles. The lowest BCUT2D eigenvalue weighted by Crippen LogP contribution is -2.16. The van der Waals surface area contributed by atoms with Gasteiger partial charge in [-0.05, 0) is 18.8 Å². The molecular weight excluding hydrogens is 180 g/mol. The number of hydrogen-bond acceptors (Lipinski definition) is 2. The average Bonchev–Trinajstić information content (AvgIpc) is 2.78. The minimum atomic E-state index is -0.0789. The number of thioether (sulfide) groups is 1. The maximum absolute atomic E-state index is 9.67. The van der Waals surface area contributed by atoms with Crippen LogP contribution in [0.2, 0.25) is 0 Å². The van der Waals surface area contributed by atoms with Gasteiger partial charge in [0.15, 0.2) is 0 Å². The normalized spacial score (nSPS) is 20.3. The molecule has 1 N–H and O–H groups in total. The Hall–Kier alpha value is 0.310. The summed E-state index contributed by atoms with van der Waals surface area (Å²) in [5.74, 6) is 1.85. The van der Waals surface area contributed by atoms with Gasteiger partial charge in [-0.1, -0.05) is 33.6 Å². The maximum Gasteiger partial charge on any atom is 0.0630 e. The summed E-state index contributed by atoms with van der Waals surface area (Å²) in [6.45, 7) is 6.60. The number of aliphatic hydroxyl groups excluding tert-OH is 1. The molecule has 1 fully saturated rings. The van der Waals surface area contributed by atoms with Crippen LogP contribution in [0.1, 0.15) is 46.5 Å². The van der Waals surface area contributed by atoms with Crippen LogP contribution in [-0.2, 0) is 0 Å². The van der Waals surface area contributed by atoms with Gasteiger partial charge in [-0.3, -0.25) is 0 Å². The molecule has 0 aromatic rings. The third-order valence-corrected chi connectivity index (χ3v) is 3.73. The Morgan fingerprint density at radius 2 is 2.00 bits per heavy atom. The van der Waals surface area contributed by atoms with Crippen LogP contribution in [0, 0.1) is 5.92 Å². The molecule has 0 aliphatic heterocycles. The summed E-state index contributed by atoms with van der Waals surface area (Å²) in [6.07, 6.45) is 4.97. The summed E-state index contributed by atoms with van der Waals surface area (Å²) in [4.78, 5) is 0. The van der Waals surface area contributed by atoms with Gasteiger partial charge in [-0.25, -0.2) is 0 Å². The molecular formula is C11H22OS. The van der Waals surface area contributed by atoms with Gasteiger partial charge in [0.2, 0.25) is 0 Å². The molecule has 13 heavy (non-hydrogen) atoms. The highest BCUT2D eigenvalue weighted by Gasteiger charge is 2.22. The lowest BCUT2D eigenvalue weighted by atomic mass is 10.1. The van der Waals surface area contributed by atoms with Crippen LogP contribution in [-0.4, -0.2) is 21.7 Å². The minimum Gasteiger partial charge on any atom is -0.392 e. The zero-order valence-electron chi connectivity index (χ0n) is 9.05. The van der Waals surface area contributed by atoms with Crippen LogP contribution in [0.25, 0.3) is 0 Å². The van der Waals surface area contributed by atoms with Crippen molar-refractivity contribution in [2.75, 3.05) is 5.75 Å². The number of hydrogen-bond donors (Lipinski definition) is 1. The van der Waals surface area contributed by atoms with Crippen LogP contribution in [0.3, 0.4) is 0 Å². The Kier molecular flexibility index (Phi) is 4.11. The second kappa shape index (κ2) is 4.70. The van der Waals surface area contributed by atoms with E-state index in [1.54, 1.807) is 0 Å². The van der Waals surface area contributed by atoms with Gasteiger partial charge in [-0.15, -0.1) is 0 Å². The molecule has 1 saturated carbocycles. The molecule has 1 nitrogen and oxygen atoms in total. The predicted octanol–water partition coefficient (Wildman–Crippen LogP) is 3.07. The Morgan fingerprint density at radius 1 is 1.38 bits per heavy atom. The lowest BCUT2D eigenvalue weighted by Gasteiger charge is -2.19. The van der Waals surface area contributed by atoms with Crippen LogP contribution >= 0.6 is 11.8 Å². The largest absolute Gasteiger partial charge is 0.392 e. The first-order chi connectivity index (χ1) is 5.97. The molecule has 1 rings (SSSR count). The monoisotopic (exact) mass is 202 g/mol. The van der Waals surface area contributed by atoms with Gasteiger partial charge in [0.25, 0.3) is 0 Å². The fraction of sp³-hybridized carbons (Fsp3) is 1.00. The molecule has 78 valence electrons. The molecule has 1 aliphatic rings. The highest BCUT2D eigenvalue weighted by molar-refractivity contribution is 8.00. The predicted molar refractivity (Wildman–Crippen MR) is 60.2 cm³/mol. The smallest absolute Gasteiger partial charge is 0.0630 e. The van der Waals surface area contributed by atoms with Crippen LogP contribution < -0.4 is 0 Å². The SMILES string of the molecule is CC(C)(C)SCC(O)CCC1CC1. The summed E-state index contributed by atoms with van der Waals surface area (Å²) in [7, 11) is 0. The molecule has 0 saturated heterocycles. The Morgan fingerprint density at radius 3 is 2.46 bits per heavy atom. The molecule has 0 aromatic heterocycles. The van der Waals surface area contributed by atoms with E-state index in [1.165, 1.54) is 19.3 Å². The van der Waals surface area contributed by atoms with Crippen molar-refractivity contribution in [3.05, 3.63) is 0 Å². The van der Waals surface area contributed by atoms with E-state index in [-0.39, 0.29) is 6.10 Å². The molecule has 0 radical (unpaired) electrons. The first kappa shape index (κ1) is 11.4. The van der Waals surface area contributed by atoms with Gasteiger partial charge < -0.3 is 5.11 Å². The average molecular weight is 202 g/mol. The van der Waals surface area contributed by atoms with Crippen molar-refractivity contribution in [2.24, 2.45) is 5.92 Å². The molecule has 1 aliphatic carbocycles. The van der Waals surface area contributed by atoms with Crippen LogP contribution in [0.4, 0.5) is 0 Å². The van der Waals surface area contributed by atoms with Crippen molar-refractivity contribution >= 4 is 11.8 Å². The molecule has 0 amide bonds. The van der Waals surface area contributed by atoms with Gasteiger partial charge in [0.1, 0.15) is 0 Å². The van der Waals surface area contributed by atoms with E-state index in [2.05, 4.69) is 20.8 Å². The van der Waals surface area contributed by atoms with Crippen molar-refractivity contribution in [3.8, 4) is 0 Å². The zero-order chi connectivity index (χ0) is 9.90. The summed E-state index contributed by atoms with van der Waals surface area (Å²) in [5, 5.41) is 9.67. The first-order valence-electron chi connectivity index (χ1n) is 5.29. The van der Waals surface area contributed by atoms with Crippen molar-refractivity contribution in [1.82, 2.24) is 0 Å². The zero-order valence-corrected chi connectivity index (χ0v) is 9.86. The third-order valence-electron chi connectivity index (χ3n) is 2.31. The Labute approximate surface area is 86.3 Å². The van der Waals surface area contributed by atoms with Gasteiger partial charge >= 0.3 is 0 Å². The number of rotatable bonds is 5. The van der Waals surface area contributed by atoms with Crippen molar-refractivity contribution in [1.29, 1.82) is 0 Å². The minimum absolute atomic E-state index is 0.0789. The van der Waals surface area contributed by atoms with Crippen LogP contribution in [0.5, 0.6) is 0 Å².